The first kappa shape index (κ1) is 10.6. The molecular weight excluding hydrogens is 216 g/mol. The Labute approximate surface area is 99.2 Å². The number of H-pyrrole nitrogens is 1. The fourth-order valence-electron chi connectivity index (χ4n) is 2.70. The molecule has 2 aromatic heterocycles. The van der Waals surface area contributed by atoms with Crippen LogP contribution in [0.3, 0.4) is 0 Å². The van der Waals surface area contributed by atoms with Gasteiger partial charge in [0.25, 0.3) is 5.56 Å². The Bertz CT molecular complexity index is 611. The summed E-state index contributed by atoms with van der Waals surface area (Å²) in [6.07, 6.45) is 3.14. The smallest absolute Gasteiger partial charge is 0.272 e. The number of nitrogens with one attached hydrogen (secondary N) is 1. The van der Waals surface area contributed by atoms with Gasteiger partial charge in [0.15, 0.2) is 0 Å². The molecule has 1 fully saturated rings. The maximum atomic E-state index is 12.0. The highest BCUT2D eigenvalue weighted by atomic mass is 16.5. The van der Waals surface area contributed by atoms with Gasteiger partial charge in [0, 0.05) is 23.9 Å². The molecule has 4 nitrogen and oxygen atoms in total. The van der Waals surface area contributed by atoms with Crippen LogP contribution in [-0.4, -0.2) is 22.3 Å². The van der Waals surface area contributed by atoms with Crippen molar-refractivity contribution in [1.29, 1.82) is 0 Å². The Balaban J connectivity index is 2.21. The van der Waals surface area contributed by atoms with Gasteiger partial charge in [-0.05, 0) is 32.4 Å². The molecule has 0 saturated carbocycles. The van der Waals surface area contributed by atoms with Crippen molar-refractivity contribution in [1.82, 2.24) is 9.55 Å². The van der Waals surface area contributed by atoms with Crippen LogP contribution in [0.25, 0.3) is 10.9 Å². The number of hydrogen-bond donors (Lipinski definition) is 1. The minimum Gasteiger partial charge on any atom is -0.376 e. The Morgan fingerprint density at radius 1 is 1.53 bits per heavy atom. The lowest BCUT2D eigenvalue weighted by Crippen LogP contribution is -2.20. The predicted octanol–water partition coefficient (Wildman–Crippen LogP) is 1.99. The SMILES string of the molecule is Cc1cc2ccn(C3CCOC3C)c2c(=O)[nH]1. The highest BCUT2D eigenvalue weighted by Crippen LogP contribution is 2.28. The van der Waals surface area contributed by atoms with E-state index in [1.165, 1.54) is 0 Å². The lowest BCUT2D eigenvalue weighted by atomic mass is 10.1. The summed E-state index contributed by atoms with van der Waals surface area (Å²) in [5, 5.41) is 1.00. The average Bonchev–Trinajstić information content (AvgIpc) is 2.83. The zero-order valence-electron chi connectivity index (χ0n) is 10.1. The van der Waals surface area contributed by atoms with Gasteiger partial charge in [-0.25, -0.2) is 0 Å². The number of fused-ring (bicyclic) bond motifs is 1. The van der Waals surface area contributed by atoms with Crippen LogP contribution in [0.5, 0.6) is 0 Å². The number of aryl methyl sites for hydroxylation is 1. The molecule has 17 heavy (non-hydrogen) atoms. The molecule has 1 aliphatic rings. The van der Waals surface area contributed by atoms with Crippen LogP contribution < -0.4 is 5.56 Å². The van der Waals surface area contributed by atoms with E-state index in [1.807, 2.05) is 25.3 Å². The molecule has 0 bridgehead atoms. The Kier molecular flexibility index (Phi) is 2.33. The summed E-state index contributed by atoms with van der Waals surface area (Å²) < 4.78 is 7.63. The molecule has 1 N–H and O–H groups in total. The van der Waals surface area contributed by atoms with Gasteiger partial charge in [0.1, 0.15) is 5.52 Å². The van der Waals surface area contributed by atoms with Crippen molar-refractivity contribution in [2.45, 2.75) is 32.4 Å². The topological polar surface area (TPSA) is 47.0 Å². The van der Waals surface area contributed by atoms with Crippen LogP contribution in [0.4, 0.5) is 0 Å². The molecule has 0 spiro atoms. The second-order valence-corrected chi connectivity index (χ2v) is 4.74. The van der Waals surface area contributed by atoms with E-state index in [1.54, 1.807) is 0 Å². The van der Waals surface area contributed by atoms with Gasteiger partial charge in [-0.2, -0.15) is 0 Å². The van der Waals surface area contributed by atoms with Gasteiger partial charge in [-0.15, -0.1) is 0 Å². The molecule has 1 saturated heterocycles. The quantitative estimate of drug-likeness (QED) is 0.817. The third kappa shape index (κ3) is 1.60. The number of aromatic amines is 1. The van der Waals surface area contributed by atoms with Crippen LogP contribution in [0, 0.1) is 6.92 Å². The molecule has 2 atom stereocenters. The van der Waals surface area contributed by atoms with Gasteiger partial charge in [-0.1, -0.05) is 0 Å². The van der Waals surface area contributed by atoms with Gasteiger partial charge in [0.2, 0.25) is 0 Å². The summed E-state index contributed by atoms with van der Waals surface area (Å²) in [6.45, 7) is 4.74. The predicted molar refractivity (Wildman–Crippen MR) is 66.4 cm³/mol. The minimum absolute atomic E-state index is 0.0101. The van der Waals surface area contributed by atoms with E-state index in [4.69, 9.17) is 4.74 Å². The van der Waals surface area contributed by atoms with Gasteiger partial charge in [0.05, 0.1) is 12.1 Å². The maximum absolute atomic E-state index is 12.0. The van der Waals surface area contributed by atoms with E-state index in [0.717, 1.165) is 29.6 Å². The fourth-order valence-corrected chi connectivity index (χ4v) is 2.70. The largest absolute Gasteiger partial charge is 0.376 e. The third-order valence-electron chi connectivity index (χ3n) is 3.54. The summed E-state index contributed by atoms with van der Waals surface area (Å²) in [5.74, 6) is 0. The zero-order valence-corrected chi connectivity index (χ0v) is 10.1. The van der Waals surface area contributed by atoms with Crippen LogP contribution in [0.1, 0.15) is 25.1 Å². The molecule has 1 aliphatic heterocycles. The number of ether oxygens (including phenoxy) is 1. The summed E-state index contributed by atoms with van der Waals surface area (Å²) in [4.78, 5) is 14.9. The van der Waals surface area contributed by atoms with Gasteiger partial charge >= 0.3 is 0 Å². The van der Waals surface area contributed by atoms with Crippen LogP contribution in [0.2, 0.25) is 0 Å². The van der Waals surface area contributed by atoms with Crippen LogP contribution >= 0.6 is 0 Å². The van der Waals surface area contributed by atoms with E-state index in [2.05, 4.69) is 16.5 Å². The van der Waals surface area contributed by atoms with Crippen molar-refractivity contribution in [2.24, 2.45) is 0 Å². The van der Waals surface area contributed by atoms with Crippen LogP contribution in [-0.2, 0) is 4.74 Å². The summed E-state index contributed by atoms with van der Waals surface area (Å²) in [5.41, 5.74) is 1.65. The third-order valence-corrected chi connectivity index (χ3v) is 3.54. The molecule has 90 valence electrons. The first-order chi connectivity index (χ1) is 8.16. The van der Waals surface area contributed by atoms with Crippen molar-refractivity contribution < 1.29 is 4.74 Å². The average molecular weight is 232 g/mol. The molecule has 0 radical (unpaired) electrons. The van der Waals surface area contributed by atoms with Crippen molar-refractivity contribution in [3.63, 3.8) is 0 Å². The molecule has 0 aromatic carbocycles. The van der Waals surface area contributed by atoms with E-state index in [-0.39, 0.29) is 17.7 Å². The lowest BCUT2D eigenvalue weighted by Gasteiger charge is -2.17. The minimum atomic E-state index is -0.0101. The normalized spacial score (nSPS) is 24.6. The number of hydrogen-bond acceptors (Lipinski definition) is 2. The number of aromatic nitrogens is 2. The van der Waals surface area contributed by atoms with Gasteiger partial charge in [-0.3, -0.25) is 4.79 Å². The number of nitrogens with zero attached hydrogens (tertiary/aromatic N) is 1. The summed E-state index contributed by atoms with van der Waals surface area (Å²) in [6, 6.07) is 4.28. The van der Waals surface area contributed by atoms with Crippen molar-refractivity contribution >= 4 is 10.9 Å². The first-order valence-electron chi connectivity index (χ1n) is 5.99. The molecule has 0 amide bonds. The summed E-state index contributed by atoms with van der Waals surface area (Å²) in [7, 11) is 0. The number of rotatable bonds is 1. The Morgan fingerprint density at radius 2 is 2.35 bits per heavy atom. The van der Waals surface area contributed by atoms with E-state index in [9.17, 15) is 4.79 Å². The highest BCUT2D eigenvalue weighted by molar-refractivity contribution is 5.79. The maximum Gasteiger partial charge on any atom is 0.272 e. The molecule has 2 unspecified atom stereocenters. The van der Waals surface area contributed by atoms with E-state index >= 15 is 0 Å². The fraction of sp³-hybridized carbons (Fsp3) is 0.462. The van der Waals surface area contributed by atoms with Crippen molar-refractivity contribution in [3.05, 3.63) is 34.4 Å². The number of pyridine rings is 1. The molecule has 2 aromatic rings. The van der Waals surface area contributed by atoms with E-state index < -0.39 is 0 Å². The van der Waals surface area contributed by atoms with E-state index in [0.29, 0.717) is 0 Å². The molecular formula is C13H16N2O2. The van der Waals surface area contributed by atoms with Crippen molar-refractivity contribution in [3.8, 4) is 0 Å². The first-order valence-corrected chi connectivity index (χ1v) is 5.99. The van der Waals surface area contributed by atoms with Crippen molar-refractivity contribution in [2.75, 3.05) is 6.61 Å². The lowest BCUT2D eigenvalue weighted by molar-refractivity contribution is 0.108. The van der Waals surface area contributed by atoms with Crippen LogP contribution in [0.15, 0.2) is 23.1 Å². The Morgan fingerprint density at radius 3 is 3.06 bits per heavy atom. The molecule has 3 heterocycles. The second-order valence-electron chi connectivity index (χ2n) is 4.74. The highest BCUT2D eigenvalue weighted by Gasteiger charge is 2.27. The Hall–Kier alpha value is -1.55. The molecule has 0 aliphatic carbocycles. The monoisotopic (exact) mass is 232 g/mol. The standard InChI is InChI=1S/C13H16N2O2/c1-8-7-10-3-5-15(12(10)13(16)14-8)11-4-6-17-9(11)2/h3,5,7,9,11H,4,6H2,1-2H3,(H,14,16). The second kappa shape index (κ2) is 3.74. The molecule has 3 rings (SSSR count). The molecule has 4 heteroatoms. The zero-order chi connectivity index (χ0) is 12.0. The summed E-state index contributed by atoms with van der Waals surface area (Å²) >= 11 is 0. The van der Waals surface area contributed by atoms with Gasteiger partial charge < -0.3 is 14.3 Å².